The van der Waals surface area contributed by atoms with Crippen molar-refractivity contribution in [2.75, 3.05) is 18.2 Å². The number of aliphatic hydroxyl groups is 2. The summed E-state index contributed by atoms with van der Waals surface area (Å²) in [6.07, 6.45) is 1.05. The fourth-order valence-electron chi connectivity index (χ4n) is 4.59. The summed E-state index contributed by atoms with van der Waals surface area (Å²) in [6, 6.07) is 10.5. The van der Waals surface area contributed by atoms with Crippen LogP contribution in [0.1, 0.15) is 6.42 Å². The maximum atomic E-state index is 9.68. The molecule has 0 saturated heterocycles. The fourth-order valence-corrected chi connectivity index (χ4v) is 4.59. The molecule has 0 aromatic heterocycles. The largest absolute Gasteiger partial charge is 0.396 e. The Morgan fingerprint density at radius 3 is 2.45 bits per heavy atom. The molecule has 0 radical (unpaired) electrons. The highest BCUT2D eigenvalue weighted by Crippen LogP contribution is 2.57. The van der Waals surface area contributed by atoms with Gasteiger partial charge in [-0.15, -0.1) is 0 Å². The van der Waals surface area contributed by atoms with E-state index in [9.17, 15) is 10.2 Å². The second-order valence-electron chi connectivity index (χ2n) is 6.12. The van der Waals surface area contributed by atoms with Gasteiger partial charge in [0.25, 0.3) is 0 Å². The first kappa shape index (κ1) is 12.3. The molecule has 5 nitrogen and oxygen atoms in total. The number of fused-ring (bicyclic) bond motifs is 5. The van der Waals surface area contributed by atoms with E-state index in [0.717, 1.165) is 12.1 Å². The third kappa shape index (κ3) is 1.50. The topological polar surface area (TPSA) is 68.4 Å². The molecule has 1 aliphatic heterocycles. The summed E-state index contributed by atoms with van der Waals surface area (Å²) in [5.74, 6) is 1.11. The number of aliphatic hydroxyl groups excluding tert-OH is 2. The predicted molar refractivity (Wildman–Crippen MR) is 74.1 cm³/mol. The van der Waals surface area contributed by atoms with Crippen LogP contribution in [0.15, 0.2) is 40.7 Å². The Hall–Kier alpha value is -1.46. The molecule has 106 valence electrons. The SMILES string of the molecule is OC[C@@H]1[C@H](CO)[C@H]2C[C@H]1[C@@H]1N=NN(c3ccccc3)[C@@H]21. The highest BCUT2D eigenvalue weighted by atomic mass is 16.3. The second-order valence-corrected chi connectivity index (χ2v) is 6.12. The Morgan fingerprint density at radius 2 is 1.75 bits per heavy atom. The zero-order valence-corrected chi connectivity index (χ0v) is 11.2. The molecule has 1 heterocycles. The Bertz CT molecular complexity index is 521. The summed E-state index contributed by atoms with van der Waals surface area (Å²) in [5, 5.41) is 30.1. The molecule has 2 saturated carbocycles. The molecule has 4 rings (SSSR count). The van der Waals surface area contributed by atoms with Crippen LogP contribution in [0.3, 0.4) is 0 Å². The molecule has 2 aliphatic carbocycles. The molecule has 0 unspecified atom stereocenters. The van der Waals surface area contributed by atoms with E-state index >= 15 is 0 Å². The van der Waals surface area contributed by atoms with Crippen molar-refractivity contribution in [3.63, 3.8) is 0 Å². The van der Waals surface area contributed by atoms with Crippen LogP contribution in [0.2, 0.25) is 0 Å². The van der Waals surface area contributed by atoms with Crippen molar-refractivity contribution in [2.24, 2.45) is 34.0 Å². The average Bonchev–Trinajstić information content (AvgIpc) is 3.17. The van der Waals surface area contributed by atoms with Crippen molar-refractivity contribution in [2.45, 2.75) is 18.5 Å². The number of anilines is 1. The Balaban J connectivity index is 1.66. The summed E-state index contributed by atoms with van der Waals surface area (Å²) in [4.78, 5) is 0. The molecular weight excluding hydrogens is 254 g/mol. The molecule has 2 fully saturated rings. The number of para-hydroxylation sites is 1. The van der Waals surface area contributed by atoms with E-state index in [1.165, 1.54) is 0 Å². The lowest BCUT2D eigenvalue weighted by Crippen LogP contribution is -2.48. The Kier molecular flexibility index (Phi) is 2.79. The minimum absolute atomic E-state index is 0.149. The lowest BCUT2D eigenvalue weighted by atomic mass is 9.75. The maximum absolute atomic E-state index is 9.68. The van der Waals surface area contributed by atoms with Gasteiger partial charge in [-0.25, -0.2) is 5.01 Å². The van der Waals surface area contributed by atoms with E-state index < -0.39 is 0 Å². The molecular formula is C15H19N3O2. The van der Waals surface area contributed by atoms with Crippen LogP contribution in [0.25, 0.3) is 0 Å². The van der Waals surface area contributed by atoms with E-state index in [1.807, 2.05) is 35.3 Å². The van der Waals surface area contributed by atoms with E-state index in [0.29, 0.717) is 11.8 Å². The lowest BCUT2D eigenvalue weighted by molar-refractivity contribution is 0.0660. The van der Waals surface area contributed by atoms with Gasteiger partial charge < -0.3 is 10.2 Å². The standard InChI is InChI=1S/C15H19N3O2/c19-7-12-10-6-11(13(12)8-20)15-14(10)16-17-18(15)9-4-2-1-3-5-9/h1-5,10-15,19-20H,6-8H2/t10-,11-,12+,13-,14+,15+/m1/s1. The molecule has 0 amide bonds. The van der Waals surface area contributed by atoms with Gasteiger partial charge in [0.1, 0.15) is 0 Å². The number of hydrogen-bond acceptors (Lipinski definition) is 5. The van der Waals surface area contributed by atoms with Gasteiger partial charge in [-0.05, 0) is 42.2 Å². The summed E-state index contributed by atoms with van der Waals surface area (Å²) in [5.41, 5.74) is 1.06. The first-order valence-electron chi connectivity index (χ1n) is 7.32. The highest BCUT2D eigenvalue weighted by Gasteiger charge is 2.61. The average molecular weight is 273 g/mol. The summed E-state index contributed by atoms with van der Waals surface area (Å²) in [6.45, 7) is 0.300. The van der Waals surface area contributed by atoms with Crippen LogP contribution >= 0.6 is 0 Å². The quantitative estimate of drug-likeness (QED) is 0.876. The van der Waals surface area contributed by atoms with E-state index in [2.05, 4.69) is 10.3 Å². The summed E-state index contributed by atoms with van der Waals surface area (Å²) < 4.78 is 0. The van der Waals surface area contributed by atoms with Crippen molar-refractivity contribution in [1.82, 2.24) is 0 Å². The molecule has 1 aromatic carbocycles. The number of rotatable bonds is 3. The van der Waals surface area contributed by atoms with Gasteiger partial charge in [-0.3, -0.25) is 0 Å². The summed E-state index contributed by atoms with van der Waals surface area (Å²) in [7, 11) is 0. The third-order valence-corrected chi connectivity index (χ3v) is 5.43. The third-order valence-electron chi connectivity index (χ3n) is 5.43. The van der Waals surface area contributed by atoms with Crippen molar-refractivity contribution in [1.29, 1.82) is 0 Å². The fraction of sp³-hybridized carbons (Fsp3) is 0.600. The van der Waals surface area contributed by atoms with Crippen molar-refractivity contribution < 1.29 is 10.2 Å². The minimum atomic E-state index is 0.149. The van der Waals surface area contributed by atoms with Crippen molar-refractivity contribution in [3.8, 4) is 0 Å². The molecule has 20 heavy (non-hydrogen) atoms. The number of hydrogen-bond donors (Lipinski definition) is 2. The van der Waals surface area contributed by atoms with Gasteiger partial charge in [0.2, 0.25) is 0 Å². The van der Waals surface area contributed by atoms with Gasteiger partial charge in [0, 0.05) is 13.2 Å². The molecule has 0 spiro atoms. The maximum Gasteiger partial charge on any atom is 0.0988 e. The van der Waals surface area contributed by atoms with Gasteiger partial charge in [0.15, 0.2) is 0 Å². The second kappa shape index (κ2) is 4.53. The van der Waals surface area contributed by atoms with Crippen LogP contribution in [0, 0.1) is 23.7 Å². The number of benzene rings is 1. The van der Waals surface area contributed by atoms with Crippen molar-refractivity contribution >= 4 is 5.69 Å². The summed E-state index contributed by atoms with van der Waals surface area (Å²) >= 11 is 0. The minimum Gasteiger partial charge on any atom is -0.396 e. The van der Waals surface area contributed by atoms with Gasteiger partial charge in [-0.2, -0.15) is 5.11 Å². The molecule has 2 N–H and O–H groups in total. The van der Waals surface area contributed by atoms with Crippen LogP contribution in [-0.2, 0) is 0 Å². The van der Waals surface area contributed by atoms with Gasteiger partial charge in [0.05, 0.1) is 17.8 Å². The lowest BCUT2D eigenvalue weighted by Gasteiger charge is -2.37. The monoisotopic (exact) mass is 273 g/mol. The molecule has 2 bridgehead atoms. The molecule has 6 atom stereocenters. The first-order chi connectivity index (χ1) is 9.85. The smallest absolute Gasteiger partial charge is 0.0988 e. The molecule has 5 heteroatoms. The van der Waals surface area contributed by atoms with Crippen LogP contribution in [-0.4, -0.2) is 35.5 Å². The van der Waals surface area contributed by atoms with E-state index in [-0.39, 0.29) is 37.1 Å². The van der Waals surface area contributed by atoms with E-state index in [4.69, 9.17) is 0 Å². The number of nitrogens with zero attached hydrogens (tertiary/aromatic N) is 3. The van der Waals surface area contributed by atoms with E-state index in [1.54, 1.807) is 0 Å². The Labute approximate surface area is 117 Å². The van der Waals surface area contributed by atoms with Crippen molar-refractivity contribution in [3.05, 3.63) is 30.3 Å². The van der Waals surface area contributed by atoms with Gasteiger partial charge >= 0.3 is 0 Å². The van der Waals surface area contributed by atoms with Crippen LogP contribution in [0.5, 0.6) is 0 Å². The van der Waals surface area contributed by atoms with Crippen LogP contribution < -0.4 is 5.01 Å². The molecule has 1 aromatic rings. The predicted octanol–water partition coefficient (Wildman–Crippen LogP) is 1.48. The zero-order chi connectivity index (χ0) is 13.7. The Morgan fingerprint density at radius 1 is 1.05 bits per heavy atom. The van der Waals surface area contributed by atoms with Gasteiger partial charge in [-0.1, -0.05) is 23.4 Å². The molecule has 3 aliphatic rings. The highest BCUT2D eigenvalue weighted by molar-refractivity contribution is 5.48. The zero-order valence-electron chi connectivity index (χ0n) is 11.2. The first-order valence-corrected chi connectivity index (χ1v) is 7.32. The van der Waals surface area contributed by atoms with Crippen LogP contribution in [0.4, 0.5) is 5.69 Å². The normalized spacial score (nSPS) is 41.4.